The second-order valence-electron chi connectivity index (χ2n) is 5.56. The van der Waals surface area contributed by atoms with Crippen LogP contribution in [-0.2, 0) is 19.6 Å². The van der Waals surface area contributed by atoms with Gasteiger partial charge in [0, 0.05) is 18.8 Å². The van der Waals surface area contributed by atoms with Gasteiger partial charge in [0.1, 0.15) is 12.4 Å². The molecule has 21 heavy (non-hydrogen) atoms. The van der Waals surface area contributed by atoms with E-state index < -0.39 is 0 Å². The van der Waals surface area contributed by atoms with Crippen LogP contribution in [0, 0.1) is 0 Å². The maximum Gasteiger partial charge on any atom is 0.130 e. The minimum atomic E-state index is 0.521. The predicted octanol–water partition coefficient (Wildman–Crippen LogP) is 3.48. The quantitative estimate of drug-likeness (QED) is 0.844. The summed E-state index contributed by atoms with van der Waals surface area (Å²) >= 11 is 0. The fourth-order valence-electron chi connectivity index (χ4n) is 2.28. The van der Waals surface area contributed by atoms with E-state index in [0.29, 0.717) is 6.61 Å². The number of para-hydroxylation sites is 1. The van der Waals surface area contributed by atoms with Crippen molar-refractivity contribution in [1.29, 1.82) is 0 Å². The van der Waals surface area contributed by atoms with Gasteiger partial charge in [0.15, 0.2) is 0 Å². The van der Waals surface area contributed by atoms with Gasteiger partial charge in [0.2, 0.25) is 0 Å². The molecule has 3 heteroatoms. The average Bonchev–Trinajstić information content (AvgIpc) is 3.36. The standard InChI is InChI=1S/C18H22N2O/c1-2-15-5-3-4-6-18(15)21-13-17-8-7-14(12-20-17)11-19-16-9-10-16/h3-8,12,16,19H,2,9-11,13H2,1H3. The Morgan fingerprint density at radius 2 is 2.05 bits per heavy atom. The van der Waals surface area contributed by atoms with E-state index in [-0.39, 0.29) is 0 Å². The van der Waals surface area contributed by atoms with E-state index in [1.807, 2.05) is 24.4 Å². The third-order valence-electron chi connectivity index (χ3n) is 3.79. The van der Waals surface area contributed by atoms with E-state index >= 15 is 0 Å². The van der Waals surface area contributed by atoms with Crippen molar-refractivity contribution < 1.29 is 4.74 Å². The number of aromatic nitrogens is 1. The number of aryl methyl sites for hydroxylation is 1. The van der Waals surface area contributed by atoms with Crippen molar-refractivity contribution in [3.8, 4) is 5.75 Å². The number of hydrogen-bond donors (Lipinski definition) is 1. The molecule has 1 aliphatic rings. The number of ether oxygens (including phenoxy) is 1. The van der Waals surface area contributed by atoms with Crippen LogP contribution < -0.4 is 10.1 Å². The van der Waals surface area contributed by atoms with Gasteiger partial charge < -0.3 is 10.1 Å². The fraction of sp³-hybridized carbons (Fsp3) is 0.389. The first-order valence-electron chi connectivity index (χ1n) is 7.73. The van der Waals surface area contributed by atoms with E-state index in [9.17, 15) is 0 Å². The highest BCUT2D eigenvalue weighted by atomic mass is 16.5. The van der Waals surface area contributed by atoms with Gasteiger partial charge in [-0.2, -0.15) is 0 Å². The Kier molecular flexibility index (Phi) is 4.51. The Balaban J connectivity index is 1.54. The number of nitrogens with one attached hydrogen (secondary N) is 1. The minimum absolute atomic E-state index is 0.521. The molecule has 0 unspecified atom stereocenters. The van der Waals surface area contributed by atoms with Gasteiger partial charge in [0.25, 0.3) is 0 Å². The molecular formula is C18H22N2O. The molecule has 0 atom stereocenters. The van der Waals surface area contributed by atoms with Crippen molar-refractivity contribution in [2.24, 2.45) is 0 Å². The molecular weight excluding hydrogens is 260 g/mol. The lowest BCUT2D eigenvalue weighted by molar-refractivity contribution is 0.298. The Bertz CT molecular complexity index is 576. The molecule has 1 saturated carbocycles. The van der Waals surface area contributed by atoms with Crippen LogP contribution in [0.2, 0.25) is 0 Å². The van der Waals surface area contributed by atoms with Crippen molar-refractivity contribution in [3.05, 3.63) is 59.4 Å². The van der Waals surface area contributed by atoms with Crippen LogP contribution in [0.4, 0.5) is 0 Å². The smallest absolute Gasteiger partial charge is 0.130 e. The number of nitrogens with zero attached hydrogens (tertiary/aromatic N) is 1. The lowest BCUT2D eigenvalue weighted by Crippen LogP contribution is -2.15. The summed E-state index contributed by atoms with van der Waals surface area (Å²) in [5.74, 6) is 0.960. The minimum Gasteiger partial charge on any atom is -0.487 e. The van der Waals surface area contributed by atoms with E-state index in [1.54, 1.807) is 0 Å². The van der Waals surface area contributed by atoms with Gasteiger partial charge >= 0.3 is 0 Å². The highest BCUT2D eigenvalue weighted by Crippen LogP contribution is 2.20. The topological polar surface area (TPSA) is 34.1 Å². The Labute approximate surface area is 126 Å². The first kappa shape index (κ1) is 14.1. The summed E-state index contributed by atoms with van der Waals surface area (Å²) in [4.78, 5) is 4.48. The Morgan fingerprint density at radius 3 is 2.76 bits per heavy atom. The molecule has 3 rings (SSSR count). The average molecular weight is 282 g/mol. The molecule has 2 aromatic rings. The number of benzene rings is 1. The summed E-state index contributed by atoms with van der Waals surface area (Å²) in [5, 5.41) is 3.49. The molecule has 1 N–H and O–H groups in total. The zero-order chi connectivity index (χ0) is 14.5. The van der Waals surface area contributed by atoms with E-state index in [1.165, 1.54) is 24.0 Å². The van der Waals surface area contributed by atoms with Gasteiger partial charge in [-0.25, -0.2) is 0 Å². The van der Waals surface area contributed by atoms with E-state index in [0.717, 1.165) is 30.5 Å². The molecule has 0 amide bonds. The second kappa shape index (κ2) is 6.72. The molecule has 0 aliphatic heterocycles. The van der Waals surface area contributed by atoms with Crippen LogP contribution in [0.25, 0.3) is 0 Å². The fourth-order valence-corrected chi connectivity index (χ4v) is 2.28. The lowest BCUT2D eigenvalue weighted by Gasteiger charge is -2.10. The predicted molar refractivity (Wildman–Crippen MR) is 84.3 cm³/mol. The summed E-state index contributed by atoms with van der Waals surface area (Å²) in [6.07, 6.45) is 5.56. The molecule has 1 aromatic carbocycles. The van der Waals surface area contributed by atoms with Gasteiger partial charge in [-0.15, -0.1) is 0 Å². The zero-order valence-corrected chi connectivity index (χ0v) is 12.5. The van der Waals surface area contributed by atoms with Crippen molar-refractivity contribution in [3.63, 3.8) is 0 Å². The largest absolute Gasteiger partial charge is 0.487 e. The zero-order valence-electron chi connectivity index (χ0n) is 12.5. The maximum atomic E-state index is 5.88. The van der Waals surface area contributed by atoms with Crippen molar-refractivity contribution >= 4 is 0 Å². The van der Waals surface area contributed by atoms with E-state index in [4.69, 9.17) is 4.74 Å². The molecule has 0 spiro atoms. The lowest BCUT2D eigenvalue weighted by atomic mass is 10.1. The molecule has 1 heterocycles. The van der Waals surface area contributed by atoms with Gasteiger partial charge in [-0.05, 0) is 42.5 Å². The first-order chi connectivity index (χ1) is 10.3. The molecule has 110 valence electrons. The molecule has 1 aliphatic carbocycles. The Hall–Kier alpha value is -1.87. The maximum absolute atomic E-state index is 5.88. The second-order valence-corrected chi connectivity index (χ2v) is 5.56. The van der Waals surface area contributed by atoms with Gasteiger partial charge in [-0.3, -0.25) is 4.98 Å². The van der Waals surface area contributed by atoms with Crippen molar-refractivity contribution in [1.82, 2.24) is 10.3 Å². The summed E-state index contributed by atoms with van der Waals surface area (Å²) in [6, 6.07) is 13.1. The SMILES string of the molecule is CCc1ccccc1OCc1ccc(CNC2CC2)cn1. The molecule has 0 radical (unpaired) electrons. The molecule has 0 saturated heterocycles. The normalized spacial score (nSPS) is 14.1. The summed E-state index contributed by atoms with van der Waals surface area (Å²) < 4.78 is 5.88. The van der Waals surface area contributed by atoms with Crippen LogP contribution in [0.1, 0.15) is 36.6 Å². The molecule has 1 fully saturated rings. The third-order valence-corrected chi connectivity index (χ3v) is 3.79. The van der Waals surface area contributed by atoms with Gasteiger partial charge in [-0.1, -0.05) is 31.2 Å². The summed E-state index contributed by atoms with van der Waals surface area (Å²) in [7, 11) is 0. The van der Waals surface area contributed by atoms with Crippen LogP contribution in [-0.4, -0.2) is 11.0 Å². The van der Waals surface area contributed by atoms with Crippen LogP contribution >= 0.6 is 0 Å². The summed E-state index contributed by atoms with van der Waals surface area (Å²) in [6.45, 7) is 3.58. The first-order valence-corrected chi connectivity index (χ1v) is 7.73. The van der Waals surface area contributed by atoms with E-state index in [2.05, 4.69) is 35.4 Å². The number of rotatable bonds is 7. The number of hydrogen-bond acceptors (Lipinski definition) is 3. The van der Waals surface area contributed by atoms with Gasteiger partial charge in [0.05, 0.1) is 5.69 Å². The Morgan fingerprint density at radius 1 is 1.19 bits per heavy atom. The van der Waals surface area contributed by atoms with Crippen LogP contribution in [0.15, 0.2) is 42.6 Å². The molecule has 3 nitrogen and oxygen atoms in total. The number of pyridine rings is 1. The van der Waals surface area contributed by atoms with Crippen LogP contribution in [0.5, 0.6) is 5.75 Å². The molecule has 1 aromatic heterocycles. The van der Waals surface area contributed by atoms with Crippen LogP contribution in [0.3, 0.4) is 0 Å². The van der Waals surface area contributed by atoms with Crippen molar-refractivity contribution in [2.45, 2.75) is 45.4 Å². The monoisotopic (exact) mass is 282 g/mol. The highest BCUT2D eigenvalue weighted by molar-refractivity contribution is 5.33. The van der Waals surface area contributed by atoms with Crippen molar-refractivity contribution in [2.75, 3.05) is 0 Å². The summed E-state index contributed by atoms with van der Waals surface area (Å²) in [5.41, 5.74) is 3.44. The molecule has 0 bridgehead atoms. The third kappa shape index (κ3) is 4.05. The highest BCUT2D eigenvalue weighted by Gasteiger charge is 2.19.